The zero-order valence-electron chi connectivity index (χ0n) is 10.1. The largest absolute Gasteiger partial charge is 0.494 e. The molecule has 2 rings (SSSR count). The number of carbonyl (C=O) groups is 1. The second-order valence-corrected chi connectivity index (χ2v) is 4.73. The molecule has 98 valence electrons. The third kappa shape index (κ3) is 3.32. The molecule has 1 N–H and O–H groups in total. The summed E-state index contributed by atoms with van der Waals surface area (Å²) in [5, 5.41) is 2.69. The molecule has 0 fully saturated rings. The van der Waals surface area contributed by atoms with Crippen LogP contribution in [0.15, 0.2) is 46.9 Å². The van der Waals surface area contributed by atoms with Crippen LogP contribution in [0.3, 0.4) is 0 Å². The Hall–Kier alpha value is -1.88. The molecule has 0 spiro atoms. The molecule has 1 amide bonds. The Morgan fingerprint density at radius 1 is 1.26 bits per heavy atom. The van der Waals surface area contributed by atoms with Crippen LogP contribution >= 0.6 is 15.9 Å². The summed E-state index contributed by atoms with van der Waals surface area (Å²) in [6.45, 7) is 0. The number of anilines is 1. The van der Waals surface area contributed by atoms with E-state index >= 15 is 0 Å². The summed E-state index contributed by atoms with van der Waals surface area (Å²) in [6.07, 6.45) is 0. The molecule has 0 atom stereocenters. The van der Waals surface area contributed by atoms with E-state index in [1.54, 1.807) is 18.2 Å². The van der Waals surface area contributed by atoms with Gasteiger partial charge < -0.3 is 10.1 Å². The highest BCUT2D eigenvalue weighted by Crippen LogP contribution is 2.20. The molecule has 0 aromatic heterocycles. The summed E-state index contributed by atoms with van der Waals surface area (Å²) in [5.41, 5.74) is 0.869. The maximum atomic E-state index is 13.5. The molecule has 3 nitrogen and oxygen atoms in total. The Labute approximate surface area is 118 Å². The van der Waals surface area contributed by atoms with Gasteiger partial charge in [-0.1, -0.05) is 22.0 Å². The first-order valence-corrected chi connectivity index (χ1v) is 6.30. The average molecular weight is 324 g/mol. The maximum Gasteiger partial charge on any atom is 0.255 e. The second kappa shape index (κ2) is 5.84. The summed E-state index contributed by atoms with van der Waals surface area (Å²) in [7, 11) is 1.37. The summed E-state index contributed by atoms with van der Waals surface area (Å²) < 4.78 is 19.2. The zero-order chi connectivity index (χ0) is 13.8. The highest BCUT2D eigenvalue weighted by Gasteiger charge is 2.10. The number of hydrogen-bond acceptors (Lipinski definition) is 2. The van der Waals surface area contributed by atoms with Crippen LogP contribution in [0.5, 0.6) is 5.75 Å². The van der Waals surface area contributed by atoms with Crippen molar-refractivity contribution in [2.24, 2.45) is 0 Å². The Morgan fingerprint density at radius 2 is 2.05 bits per heavy atom. The third-order valence-corrected chi connectivity index (χ3v) is 2.99. The molecule has 0 heterocycles. The zero-order valence-corrected chi connectivity index (χ0v) is 11.7. The molecule has 0 aliphatic rings. The number of benzene rings is 2. The van der Waals surface area contributed by atoms with Gasteiger partial charge in [-0.3, -0.25) is 4.79 Å². The maximum absolute atomic E-state index is 13.5. The van der Waals surface area contributed by atoms with E-state index in [2.05, 4.69) is 21.2 Å². The van der Waals surface area contributed by atoms with Gasteiger partial charge in [-0.2, -0.15) is 0 Å². The predicted molar refractivity (Wildman–Crippen MR) is 75.0 cm³/mol. The molecule has 0 aliphatic carbocycles. The van der Waals surface area contributed by atoms with Crippen LogP contribution in [0, 0.1) is 5.82 Å². The van der Waals surface area contributed by atoms with E-state index < -0.39 is 5.82 Å². The van der Waals surface area contributed by atoms with Crippen molar-refractivity contribution in [3.8, 4) is 5.75 Å². The number of carbonyl (C=O) groups excluding carboxylic acids is 1. The lowest BCUT2D eigenvalue weighted by atomic mass is 10.2. The van der Waals surface area contributed by atoms with Gasteiger partial charge in [0.2, 0.25) is 0 Å². The van der Waals surface area contributed by atoms with Crippen molar-refractivity contribution in [3.63, 3.8) is 0 Å². The Balaban J connectivity index is 2.18. The van der Waals surface area contributed by atoms with Crippen molar-refractivity contribution in [2.75, 3.05) is 12.4 Å². The minimum atomic E-state index is -0.565. The van der Waals surface area contributed by atoms with Gasteiger partial charge in [0.05, 0.1) is 7.11 Å². The minimum absolute atomic E-state index is 0.110. The third-order valence-electron chi connectivity index (χ3n) is 2.50. The Bertz CT molecular complexity index is 616. The van der Waals surface area contributed by atoms with E-state index in [-0.39, 0.29) is 17.2 Å². The normalized spacial score (nSPS) is 10.1. The molecule has 5 heteroatoms. The van der Waals surface area contributed by atoms with Crippen LogP contribution in [0.1, 0.15) is 10.4 Å². The molecule has 2 aromatic carbocycles. The van der Waals surface area contributed by atoms with Crippen molar-refractivity contribution in [3.05, 3.63) is 58.3 Å². The number of hydrogen-bond donors (Lipinski definition) is 1. The predicted octanol–water partition coefficient (Wildman–Crippen LogP) is 3.85. The van der Waals surface area contributed by atoms with Crippen LogP contribution < -0.4 is 10.1 Å². The molecule has 0 saturated heterocycles. The van der Waals surface area contributed by atoms with Gasteiger partial charge in [-0.25, -0.2) is 4.39 Å². The molecule has 0 unspecified atom stereocenters. The Kier molecular flexibility index (Phi) is 4.16. The first kappa shape index (κ1) is 13.5. The lowest BCUT2D eigenvalue weighted by Crippen LogP contribution is -2.12. The summed E-state index contributed by atoms with van der Waals surface area (Å²) in [5.74, 6) is -0.831. The number of rotatable bonds is 3. The summed E-state index contributed by atoms with van der Waals surface area (Å²) in [4.78, 5) is 11.9. The Morgan fingerprint density at radius 3 is 2.68 bits per heavy atom. The SMILES string of the molecule is COc1ccc(C(=O)Nc2cccc(Br)c2)cc1F. The smallest absolute Gasteiger partial charge is 0.255 e. The van der Waals surface area contributed by atoms with Crippen LogP contribution in [0.2, 0.25) is 0 Å². The van der Waals surface area contributed by atoms with Gasteiger partial charge in [0, 0.05) is 15.7 Å². The van der Waals surface area contributed by atoms with Crippen LogP contribution in [-0.4, -0.2) is 13.0 Å². The van der Waals surface area contributed by atoms with Gasteiger partial charge in [0.25, 0.3) is 5.91 Å². The van der Waals surface area contributed by atoms with E-state index in [1.165, 1.54) is 19.2 Å². The van der Waals surface area contributed by atoms with Crippen molar-refractivity contribution >= 4 is 27.5 Å². The fourth-order valence-electron chi connectivity index (χ4n) is 1.58. The molecular weight excluding hydrogens is 313 g/mol. The lowest BCUT2D eigenvalue weighted by Gasteiger charge is -2.07. The van der Waals surface area contributed by atoms with Crippen molar-refractivity contribution < 1.29 is 13.9 Å². The number of amides is 1. The number of nitrogens with one attached hydrogen (secondary N) is 1. The number of methoxy groups -OCH3 is 1. The molecule has 2 aromatic rings. The molecule has 0 saturated carbocycles. The highest BCUT2D eigenvalue weighted by molar-refractivity contribution is 9.10. The number of halogens is 2. The molecule has 19 heavy (non-hydrogen) atoms. The second-order valence-electron chi connectivity index (χ2n) is 3.81. The van der Waals surface area contributed by atoms with E-state index in [9.17, 15) is 9.18 Å². The first-order chi connectivity index (χ1) is 9.10. The van der Waals surface area contributed by atoms with E-state index in [4.69, 9.17) is 4.74 Å². The van der Waals surface area contributed by atoms with Crippen LogP contribution in [0.25, 0.3) is 0 Å². The van der Waals surface area contributed by atoms with E-state index in [1.807, 2.05) is 6.07 Å². The number of ether oxygens (including phenoxy) is 1. The van der Waals surface area contributed by atoms with Gasteiger partial charge in [0.1, 0.15) is 0 Å². The van der Waals surface area contributed by atoms with Crippen molar-refractivity contribution in [1.29, 1.82) is 0 Å². The van der Waals surface area contributed by atoms with Crippen LogP contribution in [-0.2, 0) is 0 Å². The summed E-state index contributed by atoms with van der Waals surface area (Å²) >= 11 is 3.31. The van der Waals surface area contributed by atoms with Crippen LogP contribution in [0.4, 0.5) is 10.1 Å². The molecule has 0 bridgehead atoms. The van der Waals surface area contributed by atoms with Crippen molar-refractivity contribution in [1.82, 2.24) is 0 Å². The topological polar surface area (TPSA) is 38.3 Å². The fourth-order valence-corrected chi connectivity index (χ4v) is 1.98. The highest BCUT2D eigenvalue weighted by atomic mass is 79.9. The first-order valence-electron chi connectivity index (χ1n) is 5.50. The molecule has 0 radical (unpaired) electrons. The lowest BCUT2D eigenvalue weighted by molar-refractivity contribution is 0.102. The molecule has 0 aliphatic heterocycles. The van der Waals surface area contributed by atoms with Gasteiger partial charge in [0.15, 0.2) is 11.6 Å². The van der Waals surface area contributed by atoms with E-state index in [0.29, 0.717) is 5.69 Å². The van der Waals surface area contributed by atoms with Crippen molar-refractivity contribution in [2.45, 2.75) is 0 Å². The summed E-state index contributed by atoms with van der Waals surface area (Å²) in [6, 6.07) is 11.2. The molecular formula is C14H11BrFNO2. The van der Waals surface area contributed by atoms with Gasteiger partial charge >= 0.3 is 0 Å². The average Bonchev–Trinajstić information content (AvgIpc) is 2.38. The standard InChI is InChI=1S/C14H11BrFNO2/c1-19-13-6-5-9(7-12(13)16)14(18)17-11-4-2-3-10(15)8-11/h2-8H,1H3,(H,17,18). The van der Waals surface area contributed by atoms with Gasteiger partial charge in [-0.15, -0.1) is 0 Å². The minimum Gasteiger partial charge on any atom is -0.494 e. The quantitative estimate of drug-likeness (QED) is 0.931. The van der Waals surface area contributed by atoms with Gasteiger partial charge in [-0.05, 0) is 36.4 Å². The monoisotopic (exact) mass is 323 g/mol. The van der Waals surface area contributed by atoms with E-state index in [0.717, 1.165) is 10.5 Å². The fraction of sp³-hybridized carbons (Fsp3) is 0.0714.